The van der Waals surface area contributed by atoms with Gasteiger partial charge in [0.1, 0.15) is 5.52 Å². The molecule has 1 amide bonds. The van der Waals surface area contributed by atoms with Gasteiger partial charge in [-0.1, -0.05) is 0 Å². The number of nitrogens with zero attached hydrogens (tertiary/aromatic N) is 3. The van der Waals surface area contributed by atoms with Crippen LogP contribution in [0.3, 0.4) is 0 Å². The van der Waals surface area contributed by atoms with Crippen molar-refractivity contribution in [1.82, 2.24) is 25.3 Å². The van der Waals surface area contributed by atoms with Crippen molar-refractivity contribution in [2.24, 2.45) is 0 Å². The summed E-state index contributed by atoms with van der Waals surface area (Å²) >= 11 is 0. The fourth-order valence-corrected chi connectivity index (χ4v) is 2.40. The maximum Gasteiger partial charge on any atom is 0.451 e. The lowest BCUT2D eigenvalue weighted by Gasteiger charge is -2.30. The lowest BCUT2D eigenvalue weighted by Crippen LogP contribution is -2.49. The third-order valence-corrected chi connectivity index (χ3v) is 3.54. The second-order valence-electron chi connectivity index (χ2n) is 5.14. The zero-order chi connectivity index (χ0) is 15.9. The minimum absolute atomic E-state index is 0.0304. The molecule has 22 heavy (non-hydrogen) atoms. The zero-order valence-electron chi connectivity index (χ0n) is 11.5. The van der Waals surface area contributed by atoms with Crippen LogP contribution in [0.1, 0.15) is 25.6 Å². The molecule has 0 aromatic carbocycles. The number of amides is 1. The Morgan fingerprint density at radius 3 is 2.82 bits per heavy atom. The number of H-pyrrole nitrogens is 1. The average Bonchev–Trinajstić information content (AvgIpc) is 2.89. The van der Waals surface area contributed by atoms with Crippen LogP contribution < -0.4 is 10.6 Å². The van der Waals surface area contributed by atoms with Crippen LogP contribution in [0.15, 0.2) is 6.33 Å². The molecule has 10 heteroatoms. The highest BCUT2D eigenvalue weighted by Crippen LogP contribution is 2.30. The first-order valence-electron chi connectivity index (χ1n) is 6.69. The van der Waals surface area contributed by atoms with E-state index in [-0.39, 0.29) is 29.5 Å². The van der Waals surface area contributed by atoms with Gasteiger partial charge in [-0.15, -0.1) is 0 Å². The van der Waals surface area contributed by atoms with Gasteiger partial charge in [-0.25, -0.2) is 15.0 Å². The molecular weight excluding hydrogens is 301 g/mol. The fraction of sp³-hybridized carbons (Fsp3) is 0.500. The highest BCUT2D eigenvalue weighted by Gasteiger charge is 2.36. The fourth-order valence-electron chi connectivity index (χ4n) is 2.40. The molecule has 0 bridgehead atoms. The summed E-state index contributed by atoms with van der Waals surface area (Å²) in [7, 11) is 0. The topological polar surface area (TPSA) is 95.6 Å². The normalized spacial score (nSPS) is 22.6. The van der Waals surface area contributed by atoms with Crippen LogP contribution in [-0.4, -0.2) is 37.9 Å². The molecule has 7 nitrogen and oxygen atoms in total. The minimum atomic E-state index is -4.66. The molecule has 2 atom stereocenters. The lowest BCUT2D eigenvalue weighted by molar-refractivity contribution is -0.144. The number of aromatic amines is 1. The molecule has 3 rings (SSSR count). The van der Waals surface area contributed by atoms with Crippen LogP contribution in [0.2, 0.25) is 0 Å². The van der Waals surface area contributed by atoms with Crippen molar-refractivity contribution in [2.45, 2.75) is 38.0 Å². The van der Waals surface area contributed by atoms with Crippen LogP contribution >= 0.6 is 0 Å². The molecule has 0 saturated carbocycles. The highest BCUT2D eigenvalue weighted by molar-refractivity contribution is 5.83. The molecule has 2 aromatic rings. The van der Waals surface area contributed by atoms with E-state index in [1.165, 1.54) is 6.33 Å². The van der Waals surface area contributed by atoms with Gasteiger partial charge in [0.05, 0.1) is 6.33 Å². The average molecular weight is 314 g/mol. The molecule has 0 aliphatic carbocycles. The maximum atomic E-state index is 12.9. The first-order valence-corrected chi connectivity index (χ1v) is 6.69. The third kappa shape index (κ3) is 2.68. The lowest BCUT2D eigenvalue weighted by atomic mass is 9.99. The zero-order valence-corrected chi connectivity index (χ0v) is 11.5. The van der Waals surface area contributed by atoms with Gasteiger partial charge in [-0.3, -0.25) is 4.79 Å². The first-order chi connectivity index (χ1) is 10.3. The van der Waals surface area contributed by atoms with Gasteiger partial charge in [0.15, 0.2) is 11.5 Å². The maximum absolute atomic E-state index is 12.9. The van der Waals surface area contributed by atoms with Crippen molar-refractivity contribution in [2.75, 3.05) is 5.32 Å². The highest BCUT2D eigenvalue weighted by atomic mass is 19.4. The van der Waals surface area contributed by atoms with Crippen LogP contribution in [0.5, 0.6) is 0 Å². The smallest absolute Gasteiger partial charge is 0.363 e. The van der Waals surface area contributed by atoms with Crippen molar-refractivity contribution in [3.63, 3.8) is 0 Å². The predicted octanol–water partition coefficient (Wildman–Crippen LogP) is 1.45. The van der Waals surface area contributed by atoms with Crippen LogP contribution in [-0.2, 0) is 11.0 Å². The number of anilines is 1. The standard InChI is InChI=1S/C12H13F3N6O/c1-5-6(2-3-7(22)18-5)19-10-8-9(17-4-16-8)20-11(21-10)12(13,14)15/h4-6H,2-3H2,1H3,(H,18,22)(H2,16,17,19,20,21). The number of hydrogen-bond acceptors (Lipinski definition) is 5. The number of carbonyl (C=O) groups is 1. The van der Waals surface area contributed by atoms with Crippen LogP contribution in [0, 0.1) is 0 Å². The number of halogens is 3. The number of aromatic nitrogens is 4. The Morgan fingerprint density at radius 2 is 2.14 bits per heavy atom. The number of imidazole rings is 1. The largest absolute Gasteiger partial charge is 0.451 e. The Morgan fingerprint density at radius 1 is 1.36 bits per heavy atom. The summed E-state index contributed by atoms with van der Waals surface area (Å²) in [4.78, 5) is 24.8. The van der Waals surface area contributed by atoms with Crippen molar-refractivity contribution < 1.29 is 18.0 Å². The summed E-state index contributed by atoms with van der Waals surface area (Å²) in [5, 5.41) is 5.70. The van der Waals surface area contributed by atoms with Crippen LogP contribution in [0.25, 0.3) is 11.2 Å². The molecule has 118 valence electrons. The van der Waals surface area contributed by atoms with E-state index in [0.29, 0.717) is 18.4 Å². The molecule has 0 radical (unpaired) electrons. The number of nitrogens with one attached hydrogen (secondary N) is 3. The summed E-state index contributed by atoms with van der Waals surface area (Å²) in [5.41, 5.74) is 0.245. The molecule has 3 heterocycles. The molecule has 1 aliphatic rings. The van der Waals surface area contributed by atoms with E-state index >= 15 is 0 Å². The molecule has 2 aromatic heterocycles. The van der Waals surface area contributed by atoms with E-state index in [1.807, 2.05) is 0 Å². The number of piperidine rings is 1. The van der Waals surface area contributed by atoms with Gasteiger partial charge < -0.3 is 15.6 Å². The van der Waals surface area contributed by atoms with Gasteiger partial charge in [-0.2, -0.15) is 13.2 Å². The van der Waals surface area contributed by atoms with Crippen molar-refractivity contribution >= 4 is 22.9 Å². The van der Waals surface area contributed by atoms with E-state index in [1.54, 1.807) is 6.92 Å². The molecule has 2 unspecified atom stereocenters. The Kier molecular flexibility index (Phi) is 3.38. The third-order valence-electron chi connectivity index (χ3n) is 3.54. The van der Waals surface area contributed by atoms with E-state index in [9.17, 15) is 18.0 Å². The Bertz CT molecular complexity index is 712. The molecular formula is C12H13F3N6O. The summed E-state index contributed by atoms with van der Waals surface area (Å²) in [6, 6.07) is -0.441. The van der Waals surface area contributed by atoms with Gasteiger partial charge in [0.25, 0.3) is 0 Å². The van der Waals surface area contributed by atoms with Crippen LogP contribution in [0.4, 0.5) is 19.0 Å². The molecule has 0 spiro atoms. The Labute approximate surface area is 122 Å². The number of hydrogen-bond donors (Lipinski definition) is 3. The number of rotatable bonds is 2. The second kappa shape index (κ2) is 5.11. The molecule has 1 fully saturated rings. The van der Waals surface area contributed by atoms with E-state index in [2.05, 4.69) is 30.6 Å². The number of carbonyl (C=O) groups excluding carboxylic acids is 1. The summed E-state index contributed by atoms with van der Waals surface area (Å²) in [6.45, 7) is 1.78. The number of alkyl halides is 3. The van der Waals surface area contributed by atoms with E-state index < -0.39 is 12.0 Å². The second-order valence-corrected chi connectivity index (χ2v) is 5.14. The molecule has 1 saturated heterocycles. The SMILES string of the molecule is CC1NC(=O)CCC1Nc1nc(C(F)(F)F)nc2nc[nH]c12. The summed E-state index contributed by atoms with van der Waals surface area (Å²) in [6.07, 6.45) is -2.58. The quantitative estimate of drug-likeness (QED) is 0.780. The predicted molar refractivity (Wildman–Crippen MR) is 70.9 cm³/mol. The summed E-state index contributed by atoms with van der Waals surface area (Å²) < 4.78 is 38.6. The van der Waals surface area contributed by atoms with E-state index in [4.69, 9.17) is 0 Å². The molecule has 1 aliphatic heterocycles. The molecule has 3 N–H and O–H groups in total. The first kappa shape index (κ1) is 14.5. The van der Waals surface area contributed by atoms with Gasteiger partial charge in [0.2, 0.25) is 11.7 Å². The number of fused-ring (bicyclic) bond motifs is 1. The minimum Gasteiger partial charge on any atom is -0.363 e. The Balaban J connectivity index is 1.95. The van der Waals surface area contributed by atoms with Gasteiger partial charge in [0, 0.05) is 18.5 Å². The Hall–Kier alpha value is -2.39. The van der Waals surface area contributed by atoms with Crippen molar-refractivity contribution in [3.8, 4) is 0 Å². The summed E-state index contributed by atoms with van der Waals surface area (Å²) in [5.74, 6) is -1.29. The monoisotopic (exact) mass is 314 g/mol. The van der Waals surface area contributed by atoms with E-state index in [0.717, 1.165) is 0 Å². The van der Waals surface area contributed by atoms with Crippen molar-refractivity contribution in [1.29, 1.82) is 0 Å². The van der Waals surface area contributed by atoms with Crippen molar-refractivity contribution in [3.05, 3.63) is 12.2 Å². The van der Waals surface area contributed by atoms with Gasteiger partial charge >= 0.3 is 6.18 Å². The van der Waals surface area contributed by atoms with Gasteiger partial charge in [-0.05, 0) is 13.3 Å².